The van der Waals surface area contributed by atoms with Crippen molar-refractivity contribution in [3.63, 3.8) is 0 Å². The molecule has 7 heteroatoms. The maximum atomic E-state index is 12.2. The number of aryl methyl sites for hydroxylation is 1. The van der Waals surface area contributed by atoms with E-state index in [0.29, 0.717) is 16.6 Å². The third-order valence-electron chi connectivity index (χ3n) is 4.10. The zero-order valence-corrected chi connectivity index (χ0v) is 14.1. The van der Waals surface area contributed by atoms with Crippen LogP contribution in [0.2, 0.25) is 0 Å². The fourth-order valence-electron chi connectivity index (χ4n) is 2.61. The fourth-order valence-corrected chi connectivity index (χ4v) is 3.15. The molecule has 1 unspecified atom stereocenters. The summed E-state index contributed by atoms with van der Waals surface area (Å²) in [6.07, 6.45) is 0. The van der Waals surface area contributed by atoms with E-state index >= 15 is 0 Å². The van der Waals surface area contributed by atoms with Gasteiger partial charge in [0.25, 0.3) is 5.56 Å². The Kier molecular flexibility index (Phi) is 3.98. The van der Waals surface area contributed by atoms with E-state index in [1.165, 1.54) is 4.68 Å². The lowest BCUT2D eigenvalue weighted by Gasteiger charge is -2.11. The summed E-state index contributed by atoms with van der Waals surface area (Å²) in [4.78, 5) is 12.2. The summed E-state index contributed by atoms with van der Waals surface area (Å²) in [6, 6.07) is 14.3. The van der Waals surface area contributed by atoms with E-state index in [1.807, 2.05) is 18.2 Å². The first-order valence-corrected chi connectivity index (χ1v) is 8.98. The van der Waals surface area contributed by atoms with Gasteiger partial charge in [0, 0.05) is 18.0 Å². The highest BCUT2D eigenvalue weighted by Crippen LogP contribution is 2.27. The number of aromatic nitrogens is 2. The number of sulfonamides is 1. The van der Waals surface area contributed by atoms with Gasteiger partial charge in [0.1, 0.15) is 0 Å². The Morgan fingerprint density at radius 3 is 2.21 bits per heavy atom. The lowest BCUT2D eigenvalue weighted by atomic mass is 10.0. The van der Waals surface area contributed by atoms with Gasteiger partial charge >= 0.3 is 0 Å². The van der Waals surface area contributed by atoms with Crippen LogP contribution in [0, 0.1) is 0 Å². The van der Waals surface area contributed by atoms with Crippen LogP contribution in [0.25, 0.3) is 22.0 Å². The van der Waals surface area contributed by atoms with Gasteiger partial charge in [-0.1, -0.05) is 42.5 Å². The minimum atomic E-state index is -3.64. The first kappa shape index (κ1) is 16.4. The van der Waals surface area contributed by atoms with Gasteiger partial charge in [-0.25, -0.2) is 18.2 Å². The molecule has 3 rings (SSSR count). The quantitative estimate of drug-likeness (QED) is 0.786. The minimum absolute atomic E-state index is 0.159. The highest BCUT2D eigenvalue weighted by molar-refractivity contribution is 7.89. The van der Waals surface area contributed by atoms with Crippen LogP contribution in [0.15, 0.2) is 53.3 Å². The molecule has 0 bridgehead atoms. The molecule has 2 N–H and O–H groups in total. The Labute approximate surface area is 139 Å². The average Bonchev–Trinajstić information content (AvgIpc) is 2.57. The number of hydrogen-bond donors (Lipinski definition) is 1. The van der Waals surface area contributed by atoms with E-state index in [9.17, 15) is 13.2 Å². The number of primary sulfonamides is 1. The standard InChI is InChI=1S/C17H17N3O3S/c1-11(24(18,22)23)12-7-9-13(10-8-12)16-14-5-3-4-6-15(14)17(21)20(2)19-16/h3-11H,1-2H3,(H2,18,22,23). The van der Waals surface area contributed by atoms with Crippen LogP contribution < -0.4 is 10.7 Å². The van der Waals surface area contributed by atoms with Crippen molar-refractivity contribution in [2.24, 2.45) is 12.2 Å². The third kappa shape index (κ3) is 2.83. The predicted molar refractivity (Wildman–Crippen MR) is 93.9 cm³/mol. The summed E-state index contributed by atoms with van der Waals surface area (Å²) in [5.41, 5.74) is 1.92. The molecule has 0 saturated carbocycles. The monoisotopic (exact) mass is 343 g/mol. The Morgan fingerprint density at radius 2 is 1.62 bits per heavy atom. The van der Waals surface area contributed by atoms with Crippen molar-refractivity contribution in [2.45, 2.75) is 12.2 Å². The summed E-state index contributed by atoms with van der Waals surface area (Å²) >= 11 is 0. The molecule has 3 aromatic rings. The summed E-state index contributed by atoms with van der Waals surface area (Å²) in [6.45, 7) is 1.55. The maximum Gasteiger partial charge on any atom is 0.274 e. The second kappa shape index (κ2) is 5.85. The lowest BCUT2D eigenvalue weighted by molar-refractivity contribution is 0.588. The van der Waals surface area contributed by atoms with E-state index < -0.39 is 15.3 Å². The second-order valence-corrected chi connectivity index (χ2v) is 7.56. The Balaban J connectivity index is 2.16. The molecule has 0 aliphatic rings. The molecule has 2 aromatic carbocycles. The SMILES string of the molecule is CC(c1ccc(-c2nn(C)c(=O)c3ccccc23)cc1)S(N)(=O)=O. The Bertz CT molecular complexity index is 1070. The highest BCUT2D eigenvalue weighted by Gasteiger charge is 2.18. The van der Waals surface area contributed by atoms with Gasteiger partial charge in [-0.15, -0.1) is 0 Å². The number of fused-ring (bicyclic) bond motifs is 1. The summed E-state index contributed by atoms with van der Waals surface area (Å²) < 4.78 is 24.2. The van der Waals surface area contributed by atoms with E-state index in [4.69, 9.17) is 5.14 Å². The van der Waals surface area contributed by atoms with Crippen molar-refractivity contribution in [1.82, 2.24) is 9.78 Å². The van der Waals surface area contributed by atoms with Gasteiger partial charge in [-0.3, -0.25) is 4.79 Å². The van der Waals surface area contributed by atoms with Gasteiger partial charge in [-0.2, -0.15) is 5.10 Å². The molecule has 0 saturated heterocycles. The average molecular weight is 343 g/mol. The van der Waals surface area contributed by atoms with E-state index in [-0.39, 0.29) is 5.56 Å². The highest BCUT2D eigenvalue weighted by atomic mass is 32.2. The molecule has 0 amide bonds. The Morgan fingerprint density at radius 1 is 1.04 bits per heavy atom. The molecule has 0 fully saturated rings. The van der Waals surface area contributed by atoms with Gasteiger partial charge in [0.2, 0.25) is 10.0 Å². The number of nitrogens with two attached hydrogens (primary N) is 1. The summed E-state index contributed by atoms with van der Waals surface area (Å²) in [5, 5.41) is 10.1. The molecule has 6 nitrogen and oxygen atoms in total. The van der Waals surface area contributed by atoms with Crippen LogP contribution in [-0.4, -0.2) is 18.2 Å². The third-order valence-corrected chi connectivity index (χ3v) is 5.36. The molecule has 0 aliphatic heterocycles. The van der Waals surface area contributed by atoms with Crippen LogP contribution >= 0.6 is 0 Å². The zero-order valence-electron chi connectivity index (χ0n) is 13.3. The second-order valence-electron chi connectivity index (χ2n) is 5.68. The maximum absolute atomic E-state index is 12.2. The van der Waals surface area contributed by atoms with Crippen molar-refractivity contribution < 1.29 is 8.42 Å². The molecule has 0 radical (unpaired) electrons. The molecule has 1 heterocycles. The van der Waals surface area contributed by atoms with Gasteiger partial charge < -0.3 is 0 Å². The van der Waals surface area contributed by atoms with Crippen LogP contribution in [0.4, 0.5) is 0 Å². The fraction of sp³-hybridized carbons (Fsp3) is 0.176. The normalized spacial score (nSPS) is 13.1. The largest absolute Gasteiger partial charge is 0.274 e. The lowest BCUT2D eigenvalue weighted by Crippen LogP contribution is -2.20. The molecular weight excluding hydrogens is 326 g/mol. The smallest absolute Gasteiger partial charge is 0.267 e. The molecular formula is C17H17N3O3S. The first-order chi connectivity index (χ1) is 11.3. The van der Waals surface area contributed by atoms with Gasteiger partial charge in [0.15, 0.2) is 0 Å². The molecule has 0 aliphatic carbocycles. The van der Waals surface area contributed by atoms with Crippen molar-refractivity contribution in [2.75, 3.05) is 0 Å². The van der Waals surface area contributed by atoms with Crippen LogP contribution in [0.1, 0.15) is 17.7 Å². The number of nitrogens with zero attached hydrogens (tertiary/aromatic N) is 2. The van der Waals surface area contributed by atoms with Crippen molar-refractivity contribution >= 4 is 20.8 Å². The van der Waals surface area contributed by atoms with Crippen molar-refractivity contribution in [1.29, 1.82) is 0 Å². The predicted octanol–water partition coefficient (Wildman–Crippen LogP) is 1.95. The Hall–Kier alpha value is -2.51. The zero-order chi connectivity index (χ0) is 17.5. The molecule has 124 valence electrons. The summed E-state index contributed by atoms with van der Waals surface area (Å²) in [5.74, 6) is 0. The number of rotatable bonds is 3. The first-order valence-electron chi connectivity index (χ1n) is 7.37. The molecule has 1 aromatic heterocycles. The van der Waals surface area contributed by atoms with Gasteiger partial charge in [0.05, 0.1) is 16.3 Å². The van der Waals surface area contributed by atoms with Crippen LogP contribution in [0.3, 0.4) is 0 Å². The van der Waals surface area contributed by atoms with E-state index in [1.54, 1.807) is 44.3 Å². The van der Waals surface area contributed by atoms with Gasteiger partial charge in [-0.05, 0) is 18.6 Å². The van der Waals surface area contributed by atoms with E-state index in [2.05, 4.69) is 5.10 Å². The van der Waals surface area contributed by atoms with Crippen molar-refractivity contribution in [3.05, 3.63) is 64.4 Å². The molecule has 1 atom stereocenters. The van der Waals surface area contributed by atoms with E-state index in [0.717, 1.165) is 10.9 Å². The van der Waals surface area contributed by atoms with Crippen molar-refractivity contribution in [3.8, 4) is 11.3 Å². The van der Waals surface area contributed by atoms with Crippen LogP contribution in [0.5, 0.6) is 0 Å². The number of hydrogen-bond acceptors (Lipinski definition) is 4. The summed E-state index contributed by atoms with van der Waals surface area (Å²) in [7, 11) is -2.03. The topological polar surface area (TPSA) is 95.0 Å². The number of benzene rings is 2. The van der Waals surface area contributed by atoms with Crippen LogP contribution in [-0.2, 0) is 17.1 Å². The molecule has 24 heavy (non-hydrogen) atoms. The molecule has 0 spiro atoms. The minimum Gasteiger partial charge on any atom is -0.267 e.